The number of fused-ring (bicyclic) bond motifs is 1. The highest BCUT2D eigenvalue weighted by molar-refractivity contribution is 6.30. The molecule has 2 heterocycles. The van der Waals surface area contributed by atoms with Gasteiger partial charge in [0.25, 0.3) is 0 Å². The lowest BCUT2D eigenvalue weighted by Crippen LogP contribution is -2.32. The number of carbonyl (C=O) groups is 2. The third-order valence-corrected chi connectivity index (χ3v) is 4.54. The number of pyridine rings is 1. The third kappa shape index (κ3) is 2.87. The van der Waals surface area contributed by atoms with Crippen LogP contribution in [-0.2, 0) is 0 Å². The zero-order chi connectivity index (χ0) is 17.5. The molecule has 24 heavy (non-hydrogen) atoms. The maximum absolute atomic E-state index is 12.7. The van der Waals surface area contributed by atoms with Gasteiger partial charge in [-0.3, -0.25) is 9.69 Å². The van der Waals surface area contributed by atoms with Crippen molar-refractivity contribution in [3.8, 4) is 11.3 Å². The minimum Gasteiger partial charge on any atom is -0.465 e. The fourth-order valence-electron chi connectivity index (χ4n) is 2.80. The summed E-state index contributed by atoms with van der Waals surface area (Å²) in [5.41, 5.74) is 1.06. The van der Waals surface area contributed by atoms with Crippen molar-refractivity contribution in [2.45, 2.75) is 20.3 Å². The van der Waals surface area contributed by atoms with Gasteiger partial charge in [0, 0.05) is 22.5 Å². The summed E-state index contributed by atoms with van der Waals surface area (Å²) in [5, 5.41) is 10.1. The number of halogens is 1. The second kappa shape index (κ2) is 5.91. The fourth-order valence-corrected chi connectivity index (χ4v) is 2.99. The Labute approximate surface area is 144 Å². The Kier molecular flexibility index (Phi) is 4.05. The van der Waals surface area contributed by atoms with Crippen LogP contribution in [0.3, 0.4) is 0 Å². The quantitative estimate of drug-likeness (QED) is 0.826. The Bertz CT molecular complexity index is 833. The molecule has 0 bridgehead atoms. The molecule has 0 radical (unpaired) electrons. The zero-order valence-electron chi connectivity index (χ0n) is 13.4. The van der Waals surface area contributed by atoms with Crippen molar-refractivity contribution in [1.29, 1.82) is 0 Å². The molecule has 1 aliphatic heterocycles. The normalized spacial score (nSPS) is 16.5. The standard InChI is InChI=1S/C18H17ClN2O3/c1-18(2)8-9-21(17(23)24)16-13(15(18)22)6-7-14(20-16)11-4-3-5-12(19)10-11/h3-7,10H,8-9H2,1-2H3,(H,23,24). The van der Waals surface area contributed by atoms with Gasteiger partial charge in [-0.05, 0) is 30.7 Å². The lowest BCUT2D eigenvalue weighted by molar-refractivity contribution is 0.0834. The number of hydrogen-bond donors (Lipinski definition) is 1. The minimum atomic E-state index is -1.11. The molecule has 1 amide bonds. The van der Waals surface area contributed by atoms with Crippen LogP contribution in [0.25, 0.3) is 11.3 Å². The van der Waals surface area contributed by atoms with E-state index in [1.54, 1.807) is 30.3 Å². The van der Waals surface area contributed by atoms with E-state index >= 15 is 0 Å². The molecular formula is C18H17ClN2O3. The number of ketones is 1. The van der Waals surface area contributed by atoms with Gasteiger partial charge < -0.3 is 5.11 Å². The van der Waals surface area contributed by atoms with Crippen molar-refractivity contribution in [3.63, 3.8) is 0 Å². The van der Waals surface area contributed by atoms with E-state index in [1.165, 1.54) is 0 Å². The lowest BCUT2D eigenvalue weighted by atomic mass is 9.82. The molecule has 1 aromatic carbocycles. The van der Waals surface area contributed by atoms with E-state index in [4.69, 9.17) is 11.6 Å². The second-order valence-corrected chi connectivity index (χ2v) is 6.91. The zero-order valence-corrected chi connectivity index (χ0v) is 14.2. The third-order valence-electron chi connectivity index (χ3n) is 4.30. The molecule has 0 saturated carbocycles. The van der Waals surface area contributed by atoms with Crippen molar-refractivity contribution < 1.29 is 14.7 Å². The van der Waals surface area contributed by atoms with E-state index in [2.05, 4.69) is 4.98 Å². The van der Waals surface area contributed by atoms with Gasteiger partial charge in [0.1, 0.15) is 5.82 Å². The summed E-state index contributed by atoms with van der Waals surface area (Å²) in [6.45, 7) is 3.89. The number of rotatable bonds is 1. The van der Waals surface area contributed by atoms with Crippen molar-refractivity contribution >= 4 is 29.3 Å². The molecule has 1 aliphatic rings. The van der Waals surface area contributed by atoms with Gasteiger partial charge in [-0.1, -0.05) is 37.6 Å². The van der Waals surface area contributed by atoms with Crippen molar-refractivity contribution in [2.75, 3.05) is 11.4 Å². The van der Waals surface area contributed by atoms with Crippen LogP contribution in [0.15, 0.2) is 36.4 Å². The molecule has 5 nitrogen and oxygen atoms in total. The van der Waals surface area contributed by atoms with Gasteiger partial charge in [-0.15, -0.1) is 0 Å². The summed E-state index contributed by atoms with van der Waals surface area (Å²) in [4.78, 5) is 30.0. The van der Waals surface area contributed by atoms with E-state index in [0.29, 0.717) is 22.7 Å². The van der Waals surface area contributed by atoms with E-state index < -0.39 is 11.5 Å². The van der Waals surface area contributed by atoms with E-state index in [-0.39, 0.29) is 18.1 Å². The molecule has 2 aromatic rings. The summed E-state index contributed by atoms with van der Waals surface area (Å²) in [7, 11) is 0. The summed E-state index contributed by atoms with van der Waals surface area (Å²) >= 11 is 6.02. The van der Waals surface area contributed by atoms with Gasteiger partial charge in [-0.25, -0.2) is 9.78 Å². The first kappa shape index (κ1) is 16.5. The van der Waals surface area contributed by atoms with E-state index in [0.717, 1.165) is 10.5 Å². The first-order valence-electron chi connectivity index (χ1n) is 7.62. The number of benzene rings is 1. The predicted octanol–water partition coefficient (Wildman–Crippen LogP) is 4.50. The Morgan fingerprint density at radius 2 is 2.04 bits per heavy atom. The van der Waals surface area contributed by atoms with Gasteiger partial charge in [0.15, 0.2) is 5.78 Å². The van der Waals surface area contributed by atoms with E-state index in [9.17, 15) is 14.7 Å². The number of carbonyl (C=O) groups excluding carboxylic acids is 1. The highest BCUT2D eigenvalue weighted by Crippen LogP contribution is 2.36. The highest BCUT2D eigenvalue weighted by Gasteiger charge is 2.37. The molecule has 1 N–H and O–H groups in total. The minimum absolute atomic E-state index is 0.0913. The molecule has 6 heteroatoms. The molecule has 124 valence electrons. The van der Waals surface area contributed by atoms with Crippen LogP contribution in [0.5, 0.6) is 0 Å². The first-order valence-corrected chi connectivity index (χ1v) is 8.00. The van der Waals surface area contributed by atoms with Gasteiger partial charge in [0.05, 0.1) is 11.3 Å². The average Bonchev–Trinajstić information content (AvgIpc) is 2.63. The Hall–Kier alpha value is -2.40. The number of nitrogens with zero attached hydrogens (tertiary/aromatic N) is 2. The van der Waals surface area contributed by atoms with Crippen LogP contribution < -0.4 is 4.90 Å². The molecule has 0 saturated heterocycles. The molecule has 0 fully saturated rings. The Morgan fingerprint density at radius 1 is 1.29 bits per heavy atom. The lowest BCUT2D eigenvalue weighted by Gasteiger charge is -2.20. The summed E-state index contributed by atoms with van der Waals surface area (Å²) < 4.78 is 0. The predicted molar refractivity (Wildman–Crippen MR) is 92.8 cm³/mol. The monoisotopic (exact) mass is 344 g/mol. The van der Waals surface area contributed by atoms with Gasteiger partial charge in [0.2, 0.25) is 0 Å². The van der Waals surface area contributed by atoms with E-state index in [1.807, 2.05) is 19.9 Å². The van der Waals surface area contributed by atoms with Crippen LogP contribution in [0.1, 0.15) is 30.6 Å². The average molecular weight is 345 g/mol. The van der Waals surface area contributed by atoms with Crippen LogP contribution in [0.2, 0.25) is 5.02 Å². The van der Waals surface area contributed by atoms with Crippen molar-refractivity contribution in [1.82, 2.24) is 4.98 Å². The largest absolute Gasteiger partial charge is 0.465 e. The van der Waals surface area contributed by atoms with Gasteiger partial charge in [-0.2, -0.15) is 0 Å². The summed E-state index contributed by atoms with van der Waals surface area (Å²) in [6, 6.07) is 10.5. The first-order chi connectivity index (χ1) is 11.3. The molecular weight excluding hydrogens is 328 g/mol. The van der Waals surface area contributed by atoms with Crippen LogP contribution in [-0.4, -0.2) is 28.5 Å². The molecule has 0 unspecified atom stereocenters. The number of anilines is 1. The molecule has 3 rings (SSSR count). The van der Waals surface area contributed by atoms with Crippen LogP contribution in [0.4, 0.5) is 10.6 Å². The van der Waals surface area contributed by atoms with Crippen LogP contribution in [0, 0.1) is 5.41 Å². The second-order valence-electron chi connectivity index (χ2n) is 6.48. The smallest absolute Gasteiger partial charge is 0.413 e. The SMILES string of the molecule is CC1(C)CCN(C(=O)O)c2nc(-c3cccc(Cl)c3)ccc2C1=O. The van der Waals surface area contributed by atoms with Gasteiger partial charge >= 0.3 is 6.09 Å². The summed E-state index contributed by atoms with van der Waals surface area (Å²) in [6.07, 6.45) is -0.668. The van der Waals surface area contributed by atoms with Crippen molar-refractivity contribution in [2.24, 2.45) is 5.41 Å². The Morgan fingerprint density at radius 3 is 2.71 bits per heavy atom. The number of carboxylic acid groups (broad SMARTS) is 1. The molecule has 0 spiro atoms. The number of aromatic nitrogens is 1. The summed E-state index contributed by atoms with van der Waals surface area (Å²) in [5.74, 6) is 0.0990. The maximum atomic E-state index is 12.7. The number of hydrogen-bond acceptors (Lipinski definition) is 3. The Balaban J connectivity index is 2.18. The maximum Gasteiger partial charge on any atom is 0.413 e. The number of Topliss-reactive ketones (excluding diaryl/α,β-unsaturated/α-hetero) is 1. The fraction of sp³-hybridized carbons (Fsp3) is 0.278. The topological polar surface area (TPSA) is 70.5 Å². The van der Waals surface area contributed by atoms with Crippen LogP contribution >= 0.6 is 11.6 Å². The highest BCUT2D eigenvalue weighted by atomic mass is 35.5. The molecule has 1 aromatic heterocycles. The molecule has 0 atom stereocenters. The van der Waals surface area contributed by atoms with Crippen molar-refractivity contribution in [3.05, 3.63) is 47.0 Å². The number of amides is 1. The molecule has 0 aliphatic carbocycles.